The first-order valence-corrected chi connectivity index (χ1v) is 13.5. The molecule has 0 rings (SSSR count). The molecule has 0 saturated carbocycles. The number of rotatable bonds is 19. The average molecular weight is 572 g/mol. The van der Waals surface area contributed by atoms with Crippen LogP contribution in [0.4, 0.5) is 0 Å². The first kappa shape index (κ1) is 36.5. The Hall–Kier alpha value is -3.46. The second-order valence-electron chi connectivity index (χ2n) is 10.6. The Bertz CT molecular complexity index is 877. The van der Waals surface area contributed by atoms with Crippen molar-refractivity contribution in [3.8, 4) is 0 Å². The van der Waals surface area contributed by atoms with Crippen molar-refractivity contribution < 1.29 is 29.1 Å². The molecule has 0 heterocycles. The van der Waals surface area contributed by atoms with Gasteiger partial charge in [-0.05, 0) is 43.9 Å². The minimum Gasteiger partial charge on any atom is -0.394 e. The molecule has 0 aromatic carbocycles. The fraction of sp³-hybridized carbons (Fsp3) is 0.760. The van der Waals surface area contributed by atoms with Crippen molar-refractivity contribution in [3.05, 3.63) is 0 Å². The van der Waals surface area contributed by atoms with Crippen LogP contribution in [0.5, 0.6) is 0 Å². The summed E-state index contributed by atoms with van der Waals surface area (Å²) in [5.74, 6) is -3.35. The number of aliphatic hydroxyl groups excluding tert-OH is 1. The third kappa shape index (κ3) is 14.6. The van der Waals surface area contributed by atoms with E-state index in [4.69, 9.17) is 28.0 Å². The summed E-state index contributed by atoms with van der Waals surface area (Å²) < 4.78 is 0. The molecular weight excluding hydrogens is 522 g/mol. The number of aliphatic imine (C=N–C) groups is 1. The third-order valence-corrected chi connectivity index (χ3v) is 5.86. The number of guanidine groups is 1. The van der Waals surface area contributed by atoms with Crippen molar-refractivity contribution in [2.24, 2.45) is 39.8 Å². The first-order valence-electron chi connectivity index (χ1n) is 13.5. The van der Waals surface area contributed by atoms with Crippen LogP contribution in [-0.2, 0) is 24.0 Å². The van der Waals surface area contributed by atoms with Gasteiger partial charge >= 0.3 is 0 Å². The van der Waals surface area contributed by atoms with Crippen LogP contribution in [0.1, 0.15) is 66.7 Å². The molecular formula is C25H49N9O6. The molecule has 0 aromatic rings. The predicted molar refractivity (Wildman–Crippen MR) is 151 cm³/mol. The highest BCUT2D eigenvalue weighted by molar-refractivity contribution is 5.95. The zero-order valence-electron chi connectivity index (χ0n) is 24.2. The topological polar surface area (TPSA) is 270 Å². The normalized spacial score (nSPS) is 14.8. The highest BCUT2D eigenvalue weighted by atomic mass is 16.3. The van der Waals surface area contributed by atoms with Crippen molar-refractivity contribution in [2.75, 3.05) is 13.2 Å². The summed E-state index contributed by atoms with van der Waals surface area (Å²) >= 11 is 0. The van der Waals surface area contributed by atoms with E-state index in [2.05, 4.69) is 26.3 Å². The van der Waals surface area contributed by atoms with Crippen LogP contribution < -0.4 is 44.2 Å². The molecule has 0 saturated heterocycles. The fourth-order valence-electron chi connectivity index (χ4n) is 3.73. The molecule has 13 N–H and O–H groups in total. The molecule has 0 spiro atoms. The van der Waals surface area contributed by atoms with Gasteiger partial charge in [0.15, 0.2) is 5.96 Å². The van der Waals surface area contributed by atoms with Crippen LogP contribution in [0.3, 0.4) is 0 Å². The maximum absolute atomic E-state index is 13.3. The molecule has 0 fully saturated rings. The second-order valence-corrected chi connectivity index (χ2v) is 10.6. The lowest BCUT2D eigenvalue weighted by Gasteiger charge is -2.27. The van der Waals surface area contributed by atoms with Gasteiger partial charge < -0.3 is 49.3 Å². The summed E-state index contributed by atoms with van der Waals surface area (Å²) in [4.78, 5) is 67.2. The quantitative estimate of drug-likeness (QED) is 0.0442. The molecule has 230 valence electrons. The monoisotopic (exact) mass is 571 g/mol. The van der Waals surface area contributed by atoms with Crippen LogP contribution in [-0.4, -0.2) is 84.0 Å². The van der Waals surface area contributed by atoms with Gasteiger partial charge in [-0.3, -0.25) is 29.0 Å². The van der Waals surface area contributed by atoms with Gasteiger partial charge in [-0.25, -0.2) is 0 Å². The van der Waals surface area contributed by atoms with Crippen molar-refractivity contribution >= 4 is 35.5 Å². The molecule has 0 aliphatic carbocycles. The van der Waals surface area contributed by atoms with E-state index in [1.807, 2.05) is 27.7 Å². The molecule has 15 heteroatoms. The number of hydrogen-bond acceptors (Lipinski definition) is 8. The third-order valence-electron chi connectivity index (χ3n) is 5.86. The summed E-state index contributed by atoms with van der Waals surface area (Å²) in [6.07, 6.45) is 1.29. The molecule has 5 atom stereocenters. The number of amides is 5. The molecule has 0 bridgehead atoms. The first-order chi connectivity index (χ1) is 18.6. The van der Waals surface area contributed by atoms with E-state index in [1.54, 1.807) is 6.92 Å². The number of carbonyl (C=O) groups excluding carboxylic acids is 5. The van der Waals surface area contributed by atoms with E-state index in [0.29, 0.717) is 6.42 Å². The summed E-state index contributed by atoms with van der Waals surface area (Å²) in [5.41, 5.74) is 21.6. The van der Waals surface area contributed by atoms with Crippen LogP contribution >= 0.6 is 0 Å². The van der Waals surface area contributed by atoms with Gasteiger partial charge in [0.1, 0.15) is 30.2 Å². The summed E-state index contributed by atoms with van der Waals surface area (Å²) in [7, 11) is 0. The maximum Gasteiger partial charge on any atom is 0.243 e. The average Bonchev–Trinajstić information content (AvgIpc) is 2.86. The Labute approximate surface area is 236 Å². The Balaban J connectivity index is 5.63. The molecule has 0 aliphatic heterocycles. The number of carbonyl (C=O) groups is 5. The molecule has 0 aromatic heterocycles. The Morgan fingerprint density at radius 2 is 1.15 bits per heavy atom. The van der Waals surface area contributed by atoms with Gasteiger partial charge in [-0.2, -0.15) is 0 Å². The van der Waals surface area contributed by atoms with Crippen LogP contribution in [0.2, 0.25) is 0 Å². The molecule has 0 aliphatic rings. The molecule has 40 heavy (non-hydrogen) atoms. The Morgan fingerprint density at radius 1 is 0.725 bits per heavy atom. The number of nitrogens with one attached hydrogen (secondary N) is 4. The number of nitrogens with two attached hydrogens (primary N) is 4. The van der Waals surface area contributed by atoms with Crippen LogP contribution in [0.15, 0.2) is 4.99 Å². The zero-order valence-corrected chi connectivity index (χ0v) is 24.2. The number of nitrogens with zero attached hydrogens (tertiary/aromatic N) is 1. The second kappa shape index (κ2) is 18.8. The minimum atomic E-state index is -1.19. The van der Waals surface area contributed by atoms with Gasteiger partial charge in [0.25, 0.3) is 0 Å². The molecule has 0 radical (unpaired) electrons. The lowest BCUT2D eigenvalue weighted by Crippen LogP contribution is -2.59. The van der Waals surface area contributed by atoms with Crippen molar-refractivity contribution in [1.29, 1.82) is 0 Å². The standard InChI is InChI=1S/C25H49N9O6/c1-6-16(31-21(37)15(26)12-35)22(38)33-19(11-14(4)5)24(40)34-18(10-13(2)3)23(39)32-17(20(27)36)8-7-9-30-25(28)29/h13-19,35H,6-12,26H2,1-5H3,(H2,27,36)(H,31,37)(H,32,39)(H,33,38)(H,34,40)(H4,28,29,30)/t15-,16-,17-,18-,19-/m0/s1. The minimum absolute atomic E-state index is 0.00139. The van der Waals surface area contributed by atoms with E-state index < -0.39 is 66.4 Å². The number of hydrogen-bond donors (Lipinski definition) is 9. The van der Waals surface area contributed by atoms with Crippen LogP contribution in [0, 0.1) is 11.8 Å². The highest BCUT2D eigenvalue weighted by Gasteiger charge is 2.31. The lowest BCUT2D eigenvalue weighted by atomic mass is 9.99. The summed E-state index contributed by atoms with van der Waals surface area (Å²) in [6.45, 7) is 8.79. The SMILES string of the molecule is CC[C@H](NC(=O)[C@@H](N)CO)C(=O)N[C@@H](CC(C)C)C(=O)N[C@@H](CC(C)C)C(=O)N[C@@H](CCCN=C(N)N)C(N)=O. The number of primary amides is 1. The van der Waals surface area contributed by atoms with E-state index in [1.165, 1.54) is 0 Å². The van der Waals surface area contributed by atoms with Gasteiger partial charge in [0.05, 0.1) is 6.61 Å². The predicted octanol–water partition coefficient (Wildman–Crippen LogP) is -2.71. The summed E-state index contributed by atoms with van der Waals surface area (Å²) in [5, 5.41) is 19.5. The van der Waals surface area contributed by atoms with Crippen molar-refractivity contribution in [1.82, 2.24) is 21.3 Å². The van der Waals surface area contributed by atoms with E-state index in [0.717, 1.165) is 0 Å². The summed E-state index contributed by atoms with van der Waals surface area (Å²) in [6, 6.07) is -5.21. The molecule has 5 amide bonds. The molecule has 15 nitrogen and oxygen atoms in total. The van der Waals surface area contributed by atoms with E-state index in [-0.39, 0.29) is 50.0 Å². The fourth-order valence-corrected chi connectivity index (χ4v) is 3.73. The maximum atomic E-state index is 13.3. The van der Waals surface area contributed by atoms with Crippen molar-refractivity contribution in [2.45, 2.75) is 96.9 Å². The van der Waals surface area contributed by atoms with Crippen molar-refractivity contribution in [3.63, 3.8) is 0 Å². The van der Waals surface area contributed by atoms with Crippen LogP contribution in [0.25, 0.3) is 0 Å². The van der Waals surface area contributed by atoms with Gasteiger partial charge in [0.2, 0.25) is 29.5 Å². The lowest BCUT2D eigenvalue weighted by molar-refractivity contribution is -0.135. The Morgan fingerprint density at radius 3 is 1.52 bits per heavy atom. The van der Waals surface area contributed by atoms with E-state index >= 15 is 0 Å². The largest absolute Gasteiger partial charge is 0.394 e. The number of aliphatic hydroxyl groups is 1. The van der Waals surface area contributed by atoms with E-state index in [9.17, 15) is 24.0 Å². The van der Waals surface area contributed by atoms with Gasteiger partial charge in [0, 0.05) is 6.54 Å². The molecule has 0 unspecified atom stereocenters. The Kier molecular flexibility index (Phi) is 17.1. The van der Waals surface area contributed by atoms with Gasteiger partial charge in [-0.1, -0.05) is 34.6 Å². The highest BCUT2D eigenvalue weighted by Crippen LogP contribution is 2.10. The van der Waals surface area contributed by atoms with Gasteiger partial charge in [-0.15, -0.1) is 0 Å². The zero-order chi connectivity index (χ0) is 31.0. The smallest absolute Gasteiger partial charge is 0.243 e.